The van der Waals surface area contributed by atoms with E-state index in [1.54, 1.807) is 22.8 Å². The molecule has 1 unspecified atom stereocenters. The molecule has 15 heavy (non-hydrogen) atoms. The second-order valence-electron chi connectivity index (χ2n) is 4.16. The van der Waals surface area contributed by atoms with E-state index in [1.165, 1.54) is 6.33 Å². The van der Waals surface area contributed by atoms with Crippen molar-refractivity contribution in [3.8, 4) is 0 Å². The average molecular weight is 228 g/mol. The fourth-order valence-electron chi connectivity index (χ4n) is 1.40. The number of rotatable bonds is 6. The number of nitrogens with zero attached hydrogens (tertiary/aromatic N) is 4. The van der Waals surface area contributed by atoms with Gasteiger partial charge in [0.05, 0.1) is 6.54 Å². The van der Waals surface area contributed by atoms with Gasteiger partial charge >= 0.3 is 0 Å². The van der Waals surface area contributed by atoms with Crippen molar-refractivity contribution in [3.63, 3.8) is 0 Å². The average Bonchev–Trinajstić information content (AvgIpc) is 2.66. The van der Waals surface area contributed by atoms with E-state index >= 15 is 0 Å². The van der Waals surface area contributed by atoms with Crippen LogP contribution in [0.25, 0.3) is 0 Å². The fraction of sp³-hybridized carbons (Fsp3) is 0.778. The summed E-state index contributed by atoms with van der Waals surface area (Å²) in [4.78, 5) is 14.7. The summed E-state index contributed by atoms with van der Waals surface area (Å²) in [5.41, 5.74) is -0.118. The van der Waals surface area contributed by atoms with Gasteiger partial charge in [-0.15, -0.1) is 0 Å². The van der Waals surface area contributed by atoms with Crippen LogP contribution in [-0.2, 0) is 6.54 Å². The minimum absolute atomic E-state index is 0.118. The summed E-state index contributed by atoms with van der Waals surface area (Å²) < 4.78 is 1.65. The molecule has 0 N–H and O–H groups in total. The molecule has 1 rings (SSSR count). The molecule has 0 aliphatic carbocycles. The Morgan fingerprint density at radius 2 is 2.33 bits per heavy atom. The largest absolute Gasteiger partial charge is 0.251 e. The van der Waals surface area contributed by atoms with Crippen LogP contribution in [0.3, 0.4) is 0 Å². The van der Waals surface area contributed by atoms with Gasteiger partial charge in [-0.2, -0.15) is 21.8 Å². The van der Waals surface area contributed by atoms with Gasteiger partial charge in [0, 0.05) is 11.2 Å². The molecular formula is C9H16N4OS. The van der Waals surface area contributed by atoms with Crippen molar-refractivity contribution in [2.24, 2.45) is 10.6 Å². The summed E-state index contributed by atoms with van der Waals surface area (Å²) in [5.74, 6) is 0.901. The predicted molar refractivity (Wildman–Crippen MR) is 61.8 cm³/mol. The van der Waals surface area contributed by atoms with E-state index in [4.69, 9.17) is 0 Å². The monoisotopic (exact) mass is 228 g/mol. The maximum absolute atomic E-state index is 10.8. The van der Waals surface area contributed by atoms with Gasteiger partial charge in [0.25, 0.3) is 0 Å². The van der Waals surface area contributed by atoms with Crippen LogP contribution in [0.4, 0.5) is 0 Å². The van der Waals surface area contributed by atoms with E-state index in [2.05, 4.69) is 15.3 Å². The number of hydrogen-bond acceptors (Lipinski definition) is 5. The first kappa shape index (κ1) is 12.2. The number of hydrogen-bond donors (Lipinski definition) is 0. The van der Waals surface area contributed by atoms with Crippen molar-refractivity contribution in [3.05, 3.63) is 17.6 Å². The van der Waals surface area contributed by atoms with Gasteiger partial charge in [0.2, 0.25) is 0 Å². The zero-order valence-corrected chi connectivity index (χ0v) is 10.1. The second kappa shape index (κ2) is 5.25. The van der Waals surface area contributed by atoms with Crippen LogP contribution in [0.15, 0.2) is 17.8 Å². The van der Waals surface area contributed by atoms with Crippen LogP contribution < -0.4 is 0 Å². The Hall–Kier alpha value is -0.910. The van der Waals surface area contributed by atoms with Crippen molar-refractivity contribution in [1.29, 1.82) is 0 Å². The molecule has 0 fully saturated rings. The van der Waals surface area contributed by atoms with Gasteiger partial charge in [-0.05, 0) is 6.26 Å². The minimum Gasteiger partial charge on any atom is -0.251 e. The summed E-state index contributed by atoms with van der Waals surface area (Å²) in [7, 11) is 0. The van der Waals surface area contributed by atoms with Crippen molar-refractivity contribution >= 4 is 11.8 Å². The summed E-state index contributed by atoms with van der Waals surface area (Å²) in [6, 6.07) is -0.272. The quantitative estimate of drug-likeness (QED) is 0.697. The van der Waals surface area contributed by atoms with Crippen molar-refractivity contribution in [1.82, 2.24) is 14.8 Å². The number of thioether (sulfide) groups is 1. The highest BCUT2D eigenvalue weighted by molar-refractivity contribution is 7.98. The summed E-state index contributed by atoms with van der Waals surface area (Å²) in [6.07, 6.45) is 5.09. The first-order valence-electron chi connectivity index (χ1n) is 4.74. The Labute approximate surface area is 93.6 Å². The van der Waals surface area contributed by atoms with E-state index in [0.717, 1.165) is 5.75 Å². The second-order valence-corrected chi connectivity index (χ2v) is 5.03. The molecule has 5 nitrogen and oxygen atoms in total. The van der Waals surface area contributed by atoms with Gasteiger partial charge < -0.3 is 0 Å². The Bertz CT molecular complexity index is 299. The third-order valence-electron chi connectivity index (χ3n) is 2.37. The van der Waals surface area contributed by atoms with Gasteiger partial charge in [0.15, 0.2) is 0 Å². The standard InChI is InChI=1S/C9H16N4OS/c1-9(2,5-15-3)8(12-14)4-13-7-10-6-11-13/h6-8H,4-5H2,1-3H3. The maximum Gasteiger partial charge on any atom is 0.137 e. The molecule has 0 spiro atoms. The topological polar surface area (TPSA) is 60.1 Å². The molecule has 0 aromatic carbocycles. The molecule has 0 aliphatic heterocycles. The molecule has 84 valence electrons. The molecule has 1 aromatic rings. The van der Waals surface area contributed by atoms with Crippen LogP contribution in [0.1, 0.15) is 13.8 Å². The zero-order valence-electron chi connectivity index (χ0n) is 9.25. The minimum atomic E-state index is -0.272. The molecule has 1 aromatic heterocycles. The van der Waals surface area contributed by atoms with Crippen molar-refractivity contribution in [2.45, 2.75) is 26.4 Å². The third kappa shape index (κ3) is 3.30. The molecule has 1 atom stereocenters. The van der Waals surface area contributed by atoms with E-state index < -0.39 is 0 Å². The van der Waals surface area contributed by atoms with Crippen LogP contribution in [-0.4, -0.2) is 32.8 Å². The van der Waals surface area contributed by atoms with E-state index in [1.807, 2.05) is 20.1 Å². The van der Waals surface area contributed by atoms with Gasteiger partial charge in [0.1, 0.15) is 18.7 Å². The molecule has 0 bridgehead atoms. The highest BCUT2D eigenvalue weighted by Gasteiger charge is 2.30. The lowest BCUT2D eigenvalue weighted by Crippen LogP contribution is -2.33. The van der Waals surface area contributed by atoms with E-state index in [9.17, 15) is 4.91 Å². The Kier molecular flexibility index (Phi) is 4.26. The number of nitroso groups, excluding NO2 is 1. The molecule has 0 radical (unpaired) electrons. The lowest BCUT2D eigenvalue weighted by molar-refractivity contribution is 0.290. The van der Waals surface area contributed by atoms with E-state index in [-0.39, 0.29) is 11.5 Å². The maximum atomic E-state index is 10.8. The van der Waals surface area contributed by atoms with E-state index in [0.29, 0.717) is 6.54 Å². The SMILES string of the molecule is CSCC(C)(C)C(Cn1cncn1)N=O. The molecule has 6 heteroatoms. The molecule has 0 saturated carbocycles. The van der Waals surface area contributed by atoms with Crippen LogP contribution >= 0.6 is 11.8 Å². The normalized spacial score (nSPS) is 13.8. The van der Waals surface area contributed by atoms with Crippen LogP contribution in [0, 0.1) is 10.3 Å². The van der Waals surface area contributed by atoms with Crippen LogP contribution in [0.2, 0.25) is 0 Å². The smallest absolute Gasteiger partial charge is 0.137 e. The lowest BCUT2D eigenvalue weighted by Gasteiger charge is -2.28. The van der Waals surface area contributed by atoms with Gasteiger partial charge in [-0.1, -0.05) is 19.0 Å². The molecular weight excluding hydrogens is 212 g/mol. The predicted octanol–water partition coefficient (Wildman–Crippen LogP) is 1.80. The van der Waals surface area contributed by atoms with Gasteiger partial charge in [-0.25, -0.2) is 4.98 Å². The summed E-state index contributed by atoms with van der Waals surface area (Å²) in [5, 5.41) is 7.18. The lowest BCUT2D eigenvalue weighted by atomic mass is 9.87. The first-order valence-corrected chi connectivity index (χ1v) is 6.13. The summed E-state index contributed by atoms with van der Waals surface area (Å²) in [6.45, 7) is 4.59. The Morgan fingerprint density at radius 3 is 2.80 bits per heavy atom. The fourth-order valence-corrected chi connectivity index (χ4v) is 2.33. The molecule has 0 aliphatic rings. The first-order chi connectivity index (χ1) is 7.10. The number of aromatic nitrogens is 3. The van der Waals surface area contributed by atoms with Crippen LogP contribution in [0.5, 0.6) is 0 Å². The molecule has 0 amide bonds. The van der Waals surface area contributed by atoms with Gasteiger partial charge in [-0.3, -0.25) is 4.68 Å². The zero-order chi connectivity index (χ0) is 11.3. The molecule has 0 saturated heterocycles. The van der Waals surface area contributed by atoms with Crippen molar-refractivity contribution < 1.29 is 0 Å². The Morgan fingerprint density at radius 1 is 1.60 bits per heavy atom. The molecule has 1 heterocycles. The third-order valence-corrected chi connectivity index (χ3v) is 3.40. The summed E-state index contributed by atoms with van der Waals surface area (Å²) >= 11 is 1.72. The van der Waals surface area contributed by atoms with Crippen molar-refractivity contribution in [2.75, 3.05) is 12.0 Å². The highest BCUT2D eigenvalue weighted by Crippen LogP contribution is 2.28. The Balaban J connectivity index is 2.67. The highest BCUT2D eigenvalue weighted by atomic mass is 32.2.